The van der Waals surface area contributed by atoms with Gasteiger partial charge in [-0.25, -0.2) is 0 Å². The van der Waals surface area contributed by atoms with Crippen LogP contribution in [0.4, 0.5) is 5.69 Å². The van der Waals surface area contributed by atoms with Crippen LogP contribution in [0.5, 0.6) is 5.75 Å². The summed E-state index contributed by atoms with van der Waals surface area (Å²) in [6, 6.07) is 14.7. The molecule has 100 valence electrons. The van der Waals surface area contributed by atoms with E-state index in [4.69, 9.17) is 14.9 Å². The van der Waals surface area contributed by atoms with E-state index in [1.807, 2.05) is 31.3 Å². The molecular weight excluding hydrogens is 242 g/mol. The molecule has 0 aliphatic rings. The van der Waals surface area contributed by atoms with Gasteiger partial charge in [-0.2, -0.15) is 0 Å². The summed E-state index contributed by atoms with van der Waals surface area (Å²) >= 11 is 0. The quantitative estimate of drug-likeness (QED) is 0.721. The van der Waals surface area contributed by atoms with Crippen molar-refractivity contribution in [3.8, 4) is 5.75 Å². The molecule has 19 heavy (non-hydrogen) atoms. The van der Waals surface area contributed by atoms with Gasteiger partial charge in [0, 0.05) is 18.3 Å². The Bertz CT molecular complexity index is 506. The first-order valence-corrected chi connectivity index (χ1v) is 6.04. The van der Waals surface area contributed by atoms with Gasteiger partial charge in [-0.1, -0.05) is 24.3 Å². The smallest absolute Gasteiger partial charge is 0.178 e. The molecule has 2 rings (SSSR count). The first-order chi connectivity index (χ1) is 9.19. The summed E-state index contributed by atoms with van der Waals surface area (Å²) in [6.45, 7) is 0.477. The second-order valence-electron chi connectivity index (χ2n) is 4.18. The summed E-state index contributed by atoms with van der Waals surface area (Å²) in [7, 11) is 1.88. The molecule has 0 saturated heterocycles. The third-order valence-corrected chi connectivity index (χ3v) is 2.83. The number of aliphatic hydroxyl groups is 2. The third-order valence-electron chi connectivity index (χ3n) is 2.83. The average Bonchev–Trinajstić information content (AvgIpc) is 2.46. The molecule has 2 aromatic rings. The van der Waals surface area contributed by atoms with E-state index in [0.29, 0.717) is 17.9 Å². The van der Waals surface area contributed by atoms with Gasteiger partial charge in [-0.3, -0.25) is 0 Å². The van der Waals surface area contributed by atoms with Gasteiger partial charge < -0.3 is 20.3 Å². The highest BCUT2D eigenvalue weighted by Gasteiger charge is 2.02. The van der Waals surface area contributed by atoms with Crippen molar-refractivity contribution < 1.29 is 14.9 Å². The number of anilines is 1. The van der Waals surface area contributed by atoms with E-state index in [-0.39, 0.29) is 0 Å². The molecule has 0 fully saturated rings. The van der Waals surface area contributed by atoms with Crippen molar-refractivity contribution in [2.75, 3.05) is 12.4 Å². The molecule has 0 atom stereocenters. The van der Waals surface area contributed by atoms with Crippen molar-refractivity contribution in [3.63, 3.8) is 0 Å². The molecule has 0 spiro atoms. The van der Waals surface area contributed by atoms with E-state index in [9.17, 15) is 0 Å². The van der Waals surface area contributed by atoms with Gasteiger partial charge in [0.15, 0.2) is 6.29 Å². The number of nitrogens with one attached hydrogen (secondary N) is 1. The fourth-order valence-electron chi connectivity index (χ4n) is 1.67. The van der Waals surface area contributed by atoms with Gasteiger partial charge in [0.25, 0.3) is 0 Å². The molecule has 4 heteroatoms. The molecule has 0 bridgehead atoms. The van der Waals surface area contributed by atoms with Crippen molar-refractivity contribution in [3.05, 3.63) is 59.7 Å². The second kappa shape index (κ2) is 6.22. The molecule has 0 unspecified atom stereocenters. The lowest BCUT2D eigenvalue weighted by Crippen LogP contribution is -1.97. The molecule has 3 N–H and O–H groups in total. The van der Waals surface area contributed by atoms with E-state index in [1.165, 1.54) is 0 Å². The maximum Gasteiger partial charge on any atom is 0.178 e. The molecule has 0 aliphatic carbocycles. The predicted octanol–water partition coefficient (Wildman–Crippen LogP) is 2.29. The maximum atomic E-state index is 8.98. The highest BCUT2D eigenvalue weighted by molar-refractivity contribution is 5.43. The molecule has 0 amide bonds. The molecular formula is C15H17NO3. The standard InChI is InChI=1S/C15H17NO3/c1-16-13-6-2-11(3-7-13)10-19-14-8-4-12(5-9-14)15(17)18/h2-9,15-18H,10H2,1H3. The number of benzene rings is 2. The lowest BCUT2D eigenvalue weighted by molar-refractivity contribution is -0.0425. The molecule has 0 aliphatic heterocycles. The number of hydrogen-bond acceptors (Lipinski definition) is 4. The van der Waals surface area contributed by atoms with Crippen LogP contribution in [0, 0.1) is 0 Å². The van der Waals surface area contributed by atoms with Crippen LogP contribution in [0.3, 0.4) is 0 Å². The Labute approximate surface area is 112 Å². The number of hydrogen-bond donors (Lipinski definition) is 3. The van der Waals surface area contributed by atoms with Crippen molar-refractivity contribution in [2.45, 2.75) is 12.9 Å². The van der Waals surface area contributed by atoms with E-state index in [0.717, 1.165) is 11.3 Å². The normalized spacial score (nSPS) is 10.5. The molecule has 0 radical (unpaired) electrons. The summed E-state index contributed by atoms with van der Waals surface area (Å²) < 4.78 is 5.62. The zero-order valence-corrected chi connectivity index (χ0v) is 10.7. The van der Waals surface area contributed by atoms with Gasteiger partial charge in [-0.15, -0.1) is 0 Å². The zero-order chi connectivity index (χ0) is 13.7. The second-order valence-corrected chi connectivity index (χ2v) is 4.18. The fraction of sp³-hybridized carbons (Fsp3) is 0.200. The van der Waals surface area contributed by atoms with Gasteiger partial charge in [-0.05, 0) is 29.8 Å². The number of aliphatic hydroxyl groups excluding tert-OH is 1. The third kappa shape index (κ3) is 3.71. The number of rotatable bonds is 5. The van der Waals surface area contributed by atoms with Crippen LogP contribution < -0.4 is 10.1 Å². The summed E-state index contributed by atoms with van der Waals surface area (Å²) in [5.41, 5.74) is 2.58. The highest BCUT2D eigenvalue weighted by atomic mass is 16.5. The Kier molecular flexibility index (Phi) is 4.39. The summed E-state index contributed by atoms with van der Waals surface area (Å²) in [5, 5.41) is 21.0. The van der Waals surface area contributed by atoms with Gasteiger partial charge in [0.1, 0.15) is 12.4 Å². The Balaban J connectivity index is 1.94. The molecule has 4 nitrogen and oxygen atoms in total. The van der Waals surface area contributed by atoms with Gasteiger partial charge >= 0.3 is 0 Å². The minimum absolute atomic E-state index is 0.450. The first-order valence-electron chi connectivity index (χ1n) is 6.04. The SMILES string of the molecule is CNc1ccc(COc2ccc(C(O)O)cc2)cc1. The monoisotopic (exact) mass is 259 g/mol. The Hall–Kier alpha value is -2.04. The van der Waals surface area contributed by atoms with Crippen LogP contribution in [0.15, 0.2) is 48.5 Å². The van der Waals surface area contributed by atoms with Crippen LogP contribution in [-0.2, 0) is 6.61 Å². The summed E-state index contributed by atoms with van der Waals surface area (Å²) in [6.07, 6.45) is -1.44. The van der Waals surface area contributed by atoms with Gasteiger partial charge in [0.2, 0.25) is 0 Å². The van der Waals surface area contributed by atoms with Gasteiger partial charge in [0.05, 0.1) is 0 Å². The predicted molar refractivity (Wildman–Crippen MR) is 73.9 cm³/mol. The molecule has 2 aromatic carbocycles. The van der Waals surface area contributed by atoms with Crippen LogP contribution in [0.1, 0.15) is 17.4 Å². The Morgan fingerprint density at radius 3 is 2.16 bits per heavy atom. The molecule has 0 aromatic heterocycles. The average molecular weight is 259 g/mol. The maximum absolute atomic E-state index is 8.98. The van der Waals surface area contributed by atoms with E-state index in [2.05, 4.69) is 5.32 Å². The van der Waals surface area contributed by atoms with E-state index >= 15 is 0 Å². The lowest BCUT2D eigenvalue weighted by atomic mass is 10.2. The van der Waals surface area contributed by atoms with Crippen molar-refractivity contribution in [2.24, 2.45) is 0 Å². The Morgan fingerprint density at radius 1 is 1.00 bits per heavy atom. The minimum Gasteiger partial charge on any atom is -0.489 e. The fourth-order valence-corrected chi connectivity index (χ4v) is 1.67. The lowest BCUT2D eigenvalue weighted by Gasteiger charge is -2.09. The van der Waals surface area contributed by atoms with E-state index < -0.39 is 6.29 Å². The molecule has 0 heterocycles. The van der Waals surface area contributed by atoms with Crippen molar-refractivity contribution in [1.82, 2.24) is 0 Å². The number of ether oxygens (including phenoxy) is 1. The van der Waals surface area contributed by atoms with Crippen LogP contribution in [-0.4, -0.2) is 17.3 Å². The van der Waals surface area contributed by atoms with Crippen LogP contribution >= 0.6 is 0 Å². The largest absolute Gasteiger partial charge is 0.489 e. The van der Waals surface area contributed by atoms with E-state index in [1.54, 1.807) is 24.3 Å². The Morgan fingerprint density at radius 2 is 1.63 bits per heavy atom. The summed E-state index contributed by atoms with van der Waals surface area (Å²) in [5.74, 6) is 0.696. The topological polar surface area (TPSA) is 61.7 Å². The minimum atomic E-state index is -1.44. The molecule has 0 saturated carbocycles. The summed E-state index contributed by atoms with van der Waals surface area (Å²) in [4.78, 5) is 0. The van der Waals surface area contributed by atoms with Crippen LogP contribution in [0.25, 0.3) is 0 Å². The zero-order valence-electron chi connectivity index (χ0n) is 10.7. The van der Waals surface area contributed by atoms with Crippen LogP contribution in [0.2, 0.25) is 0 Å². The van der Waals surface area contributed by atoms with Crippen molar-refractivity contribution >= 4 is 5.69 Å². The van der Waals surface area contributed by atoms with Crippen molar-refractivity contribution in [1.29, 1.82) is 0 Å². The highest BCUT2D eigenvalue weighted by Crippen LogP contribution is 2.17. The first kappa shape index (κ1) is 13.4.